The Morgan fingerprint density at radius 2 is 2.31 bits per heavy atom. The third-order valence-electron chi connectivity index (χ3n) is 2.05. The maximum Gasteiger partial charge on any atom is 0.111 e. The number of hydrogen-bond donors (Lipinski definition) is 2. The molecule has 0 amide bonds. The van der Waals surface area contributed by atoms with E-state index in [1.807, 2.05) is 13.0 Å². The number of hydrogen-bond acceptors (Lipinski definition) is 2. The summed E-state index contributed by atoms with van der Waals surface area (Å²) < 4.78 is 0. The van der Waals surface area contributed by atoms with Gasteiger partial charge in [0.2, 0.25) is 0 Å². The molecule has 2 aromatic rings. The molecule has 0 aliphatic heterocycles. The van der Waals surface area contributed by atoms with Crippen molar-refractivity contribution in [1.82, 2.24) is 10.2 Å². The zero-order valence-corrected chi connectivity index (χ0v) is 7.89. The average Bonchev–Trinajstić information content (AvgIpc) is 2.48. The van der Waals surface area contributed by atoms with E-state index in [-0.39, 0.29) is 6.61 Å². The van der Waals surface area contributed by atoms with Gasteiger partial charge in [-0.05, 0) is 24.6 Å². The Morgan fingerprint density at radius 1 is 1.54 bits per heavy atom. The van der Waals surface area contributed by atoms with Gasteiger partial charge in [0, 0.05) is 11.1 Å². The molecule has 0 unspecified atom stereocenters. The Bertz CT molecular complexity index is 450. The van der Waals surface area contributed by atoms with Crippen LogP contribution in [0.4, 0.5) is 0 Å². The lowest BCUT2D eigenvalue weighted by atomic mass is 10.1. The first-order valence-corrected chi connectivity index (χ1v) is 4.34. The Kier molecular flexibility index (Phi) is 1.98. The van der Waals surface area contributed by atoms with E-state index in [9.17, 15) is 0 Å². The van der Waals surface area contributed by atoms with Gasteiger partial charge in [0.05, 0.1) is 11.6 Å². The summed E-state index contributed by atoms with van der Waals surface area (Å²) >= 11 is 5.96. The molecule has 0 atom stereocenters. The first-order valence-electron chi connectivity index (χ1n) is 3.96. The smallest absolute Gasteiger partial charge is 0.111 e. The molecule has 4 heteroatoms. The minimum absolute atomic E-state index is 0.000278. The van der Waals surface area contributed by atoms with Crippen molar-refractivity contribution in [2.75, 3.05) is 0 Å². The Morgan fingerprint density at radius 3 is 3.00 bits per heavy atom. The summed E-state index contributed by atoms with van der Waals surface area (Å²) in [7, 11) is 0. The van der Waals surface area contributed by atoms with Crippen molar-refractivity contribution in [3.05, 3.63) is 28.4 Å². The van der Waals surface area contributed by atoms with Crippen molar-refractivity contribution in [1.29, 1.82) is 0 Å². The van der Waals surface area contributed by atoms with Crippen LogP contribution in [-0.4, -0.2) is 15.3 Å². The van der Waals surface area contributed by atoms with E-state index in [4.69, 9.17) is 16.7 Å². The number of H-pyrrole nitrogens is 1. The molecule has 0 radical (unpaired) electrons. The SMILES string of the molecule is Cc1[nH]nc2c(Cl)cc(CO)cc12. The number of aromatic nitrogens is 2. The number of aliphatic hydroxyl groups is 1. The summed E-state index contributed by atoms with van der Waals surface area (Å²) in [6.45, 7) is 1.92. The van der Waals surface area contributed by atoms with Gasteiger partial charge in [0.25, 0.3) is 0 Å². The molecule has 0 bridgehead atoms. The minimum atomic E-state index is 0.000278. The van der Waals surface area contributed by atoms with Crippen LogP contribution in [0.2, 0.25) is 5.02 Å². The molecule has 0 spiro atoms. The largest absolute Gasteiger partial charge is 0.392 e. The molecule has 0 saturated heterocycles. The summed E-state index contributed by atoms with van der Waals surface area (Å²) in [5, 5.41) is 17.4. The van der Waals surface area contributed by atoms with Crippen LogP contribution in [0.5, 0.6) is 0 Å². The monoisotopic (exact) mass is 196 g/mol. The van der Waals surface area contributed by atoms with Crippen molar-refractivity contribution >= 4 is 22.5 Å². The van der Waals surface area contributed by atoms with E-state index < -0.39 is 0 Å². The number of halogens is 1. The highest BCUT2D eigenvalue weighted by Gasteiger charge is 2.06. The van der Waals surface area contributed by atoms with Gasteiger partial charge in [-0.3, -0.25) is 5.10 Å². The van der Waals surface area contributed by atoms with Gasteiger partial charge < -0.3 is 5.11 Å². The van der Waals surface area contributed by atoms with E-state index in [2.05, 4.69) is 10.2 Å². The van der Waals surface area contributed by atoms with Crippen LogP contribution in [0.25, 0.3) is 10.9 Å². The standard InChI is InChI=1S/C9H9ClN2O/c1-5-7-2-6(4-13)3-8(10)9(7)12-11-5/h2-3,13H,4H2,1H3,(H,11,12). The molecule has 0 aliphatic rings. The van der Waals surface area contributed by atoms with Gasteiger partial charge in [-0.25, -0.2) is 0 Å². The van der Waals surface area contributed by atoms with E-state index in [1.165, 1.54) is 0 Å². The third-order valence-corrected chi connectivity index (χ3v) is 2.33. The van der Waals surface area contributed by atoms with Crippen molar-refractivity contribution in [2.45, 2.75) is 13.5 Å². The zero-order valence-electron chi connectivity index (χ0n) is 7.13. The van der Waals surface area contributed by atoms with Crippen LogP contribution < -0.4 is 0 Å². The van der Waals surface area contributed by atoms with Gasteiger partial charge in [-0.2, -0.15) is 5.10 Å². The zero-order chi connectivity index (χ0) is 9.42. The molecule has 2 rings (SSSR count). The van der Waals surface area contributed by atoms with Crippen LogP contribution in [0, 0.1) is 6.92 Å². The highest BCUT2D eigenvalue weighted by molar-refractivity contribution is 6.35. The van der Waals surface area contributed by atoms with Crippen molar-refractivity contribution < 1.29 is 5.11 Å². The molecular formula is C9H9ClN2O. The Hall–Kier alpha value is -1.06. The summed E-state index contributed by atoms with van der Waals surface area (Å²) in [5.74, 6) is 0. The summed E-state index contributed by atoms with van der Waals surface area (Å²) in [4.78, 5) is 0. The van der Waals surface area contributed by atoms with E-state index in [1.54, 1.807) is 6.07 Å². The lowest BCUT2D eigenvalue weighted by Gasteiger charge is -1.98. The number of aryl methyl sites for hydroxylation is 1. The number of aliphatic hydroxyl groups excluding tert-OH is 1. The van der Waals surface area contributed by atoms with Crippen molar-refractivity contribution in [2.24, 2.45) is 0 Å². The Balaban J connectivity index is 2.80. The quantitative estimate of drug-likeness (QED) is 0.733. The Labute approximate surface area is 80.3 Å². The van der Waals surface area contributed by atoms with E-state index in [0.717, 1.165) is 22.2 Å². The topological polar surface area (TPSA) is 48.9 Å². The maximum absolute atomic E-state index is 8.96. The normalized spacial score (nSPS) is 11.0. The molecule has 1 heterocycles. The first kappa shape index (κ1) is 8.53. The van der Waals surface area contributed by atoms with Gasteiger partial charge in [0.15, 0.2) is 0 Å². The number of nitrogens with one attached hydrogen (secondary N) is 1. The van der Waals surface area contributed by atoms with Crippen LogP contribution in [0.3, 0.4) is 0 Å². The summed E-state index contributed by atoms with van der Waals surface area (Å²) in [6.07, 6.45) is 0. The van der Waals surface area contributed by atoms with Crippen molar-refractivity contribution in [3.8, 4) is 0 Å². The van der Waals surface area contributed by atoms with Crippen molar-refractivity contribution in [3.63, 3.8) is 0 Å². The second-order valence-corrected chi connectivity index (χ2v) is 3.39. The molecule has 1 aromatic carbocycles. The number of benzene rings is 1. The molecule has 1 aromatic heterocycles. The second kappa shape index (κ2) is 3.01. The van der Waals surface area contributed by atoms with Gasteiger partial charge >= 0.3 is 0 Å². The fraction of sp³-hybridized carbons (Fsp3) is 0.222. The van der Waals surface area contributed by atoms with E-state index >= 15 is 0 Å². The summed E-state index contributed by atoms with van der Waals surface area (Å²) in [6, 6.07) is 3.62. The van der Waals surface area contributed by atoms with Gasteiger partial charge in [0.1, 0.15) is 5.52 Å². The second-order valence-electron chi connectivity index (χ2n) is 2.98. The lowest BCUT2D eigenvalue weighted by molar-refractivity contribution is 0.282. The van der Waals surface area contributed by atoms with Gasteiger partial charge in [-0.15, -0.1) is 0 Å². The number of aromatic amines is 1. The molecule has 3 nitrogen and oxygen atoms in total. The van der Waals surface area contributed by atoms with Crippen LogP contribution in [0.1, 0.15) is 11.3 Å². The van der Waals surface area contributed by atoms with Crippen LogP contribution >= 0.6 is 11.6 Å². The van der Waals surface area contributed by atoms with Crippen LogP contribution in [0.15, 0.2) is 12.1 Å². The lowest BCUT2D eigenvalue weighted by Crippen LogP contribution is -1.83. The predicted octanol–water partition coefficient (Wildman–Crippen LogP) is 2.02. The average molecular weight is 197 g/mol. The third kappa shape index (κ3) is 1.30. The number of fused-ring (bicyclic) bond motifs is 1. The molecule has 0 fully saturated rings. The highest BCUT2D eigenvalue weighted by atomic mass is 35.5. The predicted molar refractivity (Wildman–Crippen MR) is 51.8 cm³/mol. The maximum atomic E-state index is 8.96. The molecule has 2 N–H and O–H groups in total. The summed E-state index contributed by atoms with van der Waals surface area (Å²) in [5.41, 5.74) is 2.53. The van der Waals surface area contributed by atoms with E-state index in [0.29, 0.717) is 5.02 Å². The fourth-order valence-corrected chi connectivity index (χ4v) is 1.63. The number of nitrogens with zero attached hydrogens (tertiary/aromatic N) is 1. The van der Waals surface area contributed by atoms with Crippen LogP contribution in [-0.2, 0) is 6.61 Å². The first-order chi connectivity index (χ1) is 6.22. The molecular weight excluding hydrogens is 188 g/mol. The minimum Gasteiger partial charge on any atom is -0.392 e. The molecule has 13 heavy (non-hydrogen) atoms. The molecule has 68 valence electrons. The fourth-order valence-electron chi connectivity index (χ4n) is 1.35. The highest BCUT2D eigenvalue weighted by Crippen LogP contribution is 2.25. The molecule has 0 aliphatic carbocycles. The molecule has 0 saturated carbocycles. The number of rotatable bonds is 1. The van der Waals surface area contributed by atoms with Gasteiger partial charge in [-0.1, -0.05) is 11.6 Å².